The molecule has 68 valence electrons. The molecule has 0 fully saturated rings. The summed E-state index contributed by atoms with van der Waals surface area (Å²) in [5.74, 6) is -0.881. The Morgan fingerprint density at radius 3 is 3.08 bits per heavy atom. The normalized spacial score (nSPS) is 15.1. The summed E-state index contributed by atoms with van der Waals surface area (Å²) in [6, 6.07) is 2.10. The van der Waals surface area contributed by atoms with Crippen LogP contribution in [-0.4, -0.2) is 11.1 Å². The van der Waals surface area contributed by atoms with Gasteiger partial charge in [0, 0.05) is 15.8 Å². The molecular formula is C10H10O2S. The topological polar surface area (TPSA) is 37.3 Å². The van der Waals surface area contributed by atoms with Crippen LogP contribution in [0.15, 0.2) is 12.1 Å². The summed E-state index contributed by atoms with van der Waals surface area (Å²) in [5, 5.41) is 8.44. The molecule has 0 spiro atoms. The van der Waals surface area contributed by atoms with E-state index in [-0.39, 0.29) is 0 Å². The fraction of sp³-hybridized carbons (Fsp3) is 0.300. The molecule has 0 aliphatic heterocycles. The highest BCUT2D eigenvalue weighted by atomic mass is 32.1. The predicted octanol–water partition coefficient (Wildman–Crippen LogP) is 2.33. The second-order valence-electron chi connectivity index (χ2n) is 3.12. The second-order valence-corrected chi connectivity index (χ2v) is 4.29. The number of carboxylic acids is 1. The Morgan fingerprint density at radius 1 is 1.54 bits per heavy atom. The van der Waals surface area contributed by atoms with E-state index in [0.29, 0.717) is 0 Å². The minimum absolute atomic E-state index is 0.881. The lowest BCUT2D eigenvalue weighted by Gasteiger charge is -1.84. The van der Waals surface area contributed by atoms with Gasteiger partial charge < -0.3 is 5.11 Å². The fourth-order valence-electron chi connectivity index (χ4n) is 1.59. The van der Waals surface area contributed by atoms with Gasteiger partial charge in [-0.2, -0.15) is 0 Å². The summed E-state index contributed by atoms with van der Waals surface area (Å²) in [4.78, 5) is 12.8. The van der Waals surface area contributed by atoms with Gasteiger partial charge in [-0.1, -0.05) is 0 Å². The first kappa shape index (κ1) is 8.51. The van der Waals surface area contributed by atoms with E-state index in [1.165, 1.54) is 29.4 Å². The average Bonchev–Trinajstić information content (AvgIpc) is 2.58. The van der Waals surface area contributed by atoms with Crippen LogP contribution in [0.5, 0.6) is 0 Å². The van der Waals surface area contributed by atoms with Gasteiger partial charge in [-0.25, -0.2) is 4.79 Å². The van der Waals surface area contributed by atoms with Crippen molar-refractivity contribution in [2.75, 3.05) is 0 Å². The van der Waals surface area contributed by atoms with Crippen molar-refractivity contribution in [1.82, 2.24) is 0 Å². The second kappa shape index (κ2) is 3.34. The zero-order valence-electron chi connectivity index (χ0n) is 7.12. The van der Waals surface area contributed by atoms with Crippen molar-refractivity contribution < 1.29 is 9.90 Å². The highest BCUT2D eigenvalue weighted by Crippen LogP contribution is 2.31. The minimum Gasteiger partial charge on any atom is -0.478 e. The highest BCUT2D eigenvalue weighted by molar-refractivity contribution is 7.13. The van der Waals surface area contributed by atoms with Crippen LogP contribution in [0.4, 0.5) is 0 Å². The molecule has 1 aromatic heterocycles. The van der Waals surface area contributed by atoms with Crippen molar-refractivity contribution in [2.24, 2.45) is 0 Å². The van der Waals surface area contributed by atoms with Gasteiger partial charge in [0.05, 0.1) is 0 Å². The van der Waals surface area contributed by atoms with Crippen molar-refractivity contribution in [3.05, 3.63) is 27.5 Å². The lowest BCUT2D eigenvalue weighted by Crippen LogP contribution is -1.84. The quantitative estimate of drug-likeness (QED) is 0.734. The van der Waals surface area contributed by atoms with Gasteiger partial charge in [0.1, 0.15) is 0 Å². The van der Waals surface area contributed by atoms with E-state index < -0.39 is 5.97 Å². The molecule has 0 saturated heterocycles. The monoisotopic (exact) mass is 194 g/mol. The summed E-state index contributed by atoms with van der Waals surface area (Å²) in [6.07, 6.45) is 6.45. The number of carbonyl (C=O) groups is 1. The third-order valence-corrected chi connectivity index (χ3v) is 3.36. The molecule has 0 bridgehead atoms. The summed E-state index contributed by atoms with van der Waals surface area (Å²) >= 11 is 1.71. The van der Waals surface area contributed by atoms with Gasteiger partial charge in [-0.15, -0.1) is 11.3 Å². The molecule has 1 N–H and O–H groups in total. The number of thiophene rings is 1. The zero-order chi connectivity index (χ0) is 9.26. The van der Waals surface area contributed by atoms with E-state index in [1.54, 1.807) is 17.4 Å². The molecule has 0 amide bonds. The predicted molar refractivity (Wildman–Crippen MR) is 53.0 cm³/mol. The highest BCUT2D eigenvalue weighted by Gasteiger charge is 2.13. The largest absolute Gasteiger partial charge is 0.478 e. The van der Waals surface area contributed by atoms with Gasteiger partial charge in [0.15, 0.2) is 0 Å². The van der Waals surface area contributed by atoms with Crippen LogP contribution in [0.25, 0.3) is 6.08 Å². The summed E-state index contributed by atoms with van der Waals surface area (Å²) in [7, 11) is 0. The van der Waals surface area contributed by atoms with Crippen molar-refractivity contribution >= 4 is 23.4 Å². The first-order valence-electron chi connectivity index (χ1n) is 4.28. The number of aryl methyl sites for hydroxylation is 2. The Morgan fingerprint density at radius 2 is 2.38 bits per heavy atom. The standard InChI is InChI=1S/C10H10O2S/c11-10(12)5-4-8-6-7-2-1-3-9(7)13-8/h4-6H,1-3H2,(H,11,12)/b5-4+. The number of carboxylic acid groups (broad SMARTS) is 1. The zero-order valence-corrected chi connectivity index (χ0v) is 7.93. The molecule has 0 aromatic carbocycles. The first-order chi connectivity index (χ1) is 6.25. The summed E-state index contributed by atoms with van der Waals surface area (Å²) in [6.45, 7) is 0. The molecule has 1 aliphatic carbocycles. The molecule has 0 saturated carbocycles. The lowest BCUT2D eigenvalue weighted by atomic mass is 10.2. The molecule has 3 heteroatoms. The number of rotatable bonds is 2. The Balaban J connectivity index is 2.19. The van der Waals surface area contributed by atoms with Gasteiger partial charge in [0.2, 0.25) is 0 Å². The summed E-state index contributed by atoms with van der Waals surface area (Å²) in [5.41, 5.74) is 1.41. The van der Waals surface area contributed by atoms with Crippen molar-refractivity contribution in [2.45, 2.75) is 19.3 Å². The Bertz CT molecular complexity index is 342. The molecule has 0 unspecified atom stereocenters. The maximum atomic E-state index is 10.3. The third-order valence-electron chi connectivity index (χ3n) is 2.16. The maximum absolute atomic E-state index is 10.3. The van der Waals surface area contributed by atoms with Crippen LogP contribution in [0.3, 0.4) is 0 Å². The van der Waals surface area contributed by atoms with E-state index >= 15 is 0 Å². The lowest BCUT2D eigenvalue weighted by molar-refractivity contribution is -0.131. The SMILES string of the molecule is O=C(O)/C=C/c1cc2c(s1)CCC2. The Kier molecular flexibility index (Phi) is 2.19. The summed E-state index contributed by atoms with van der Waals surface area (Å²) < 4.78 is 0. The number of aliphatic carboxylic acids is 1. The van der Waals surface area contributed by atoms with Crippen molar-refractivity contribution in [3.63, 3.8) is 0 Å². The van der Waals surface area contributed by atoms with Crippen LogP contribution in [-0.2, 0) is 17.6 Å². The molecule has 1 heterocycles. The third kappa shape index (κ3) is 1.80. The van der Waals surface area contributed by atoms with Crippen molar-refractivity contribution in [3.8, 4) is 0 Å². The van der Waals surface area contributed by atoms with Gasteiger partial charge in [0.25, 0.3) is 0 Å². The van der Waals surface area contributed by atoms with E-state index in [0.717, 1.165) is 11.3 Å². The van der Waals surface area contributed by atoms with Crippen LogP contribution < -0.4 is 0 Å². The molecule has 1 aromatic rings. The number of hydrogen-bond acceptors (Lipinski definition) is 2. The molecule has 0 radical (unpaired) electrons. The molecular weight excluding hydrogens is 184 g/mol. The maximum Gasteiger partial charge on any atom is 0.328 e. The first-order valence-corrected chi connectivity index (χ1v) is 5.10. The van der Waals surface area contributed by atoms with Gasteiger partial charge in [-0.3, -0.25) is 0 Å². The number of fused-ring (bicyclic) bond motifs is 1. The van der Waals surface area contributed by atoms with Gasteiger partial charge in [-0.05, 0) is 37.0 Å². The number of hydrogen-bond donors (Lipinski definition) is 1. The molecule has 0 atom stereocenters. The minimum atomic E-state index is -0.881. The fourth-order valence-corrected chi connectivity index (χ4v) is 2.75. The van der Waals surface area contributed by atoms with Crippen LogP contribution in [0.2, 0.25) is 0 Å². The smallest absolute Gasteiger partial charge is 0.328 e. The van der Waals surface area contributed by atoms with E-state index in [1.807, 2.05) is 0 Å². The van der Waals surface area contributed by atoms with Crippen LogP contribution >= 0.6 is 11.3 Å². The Hall–Kier alpha value is -1.09. The molecule has 1 aliphatic rings. The van der Waals surface area contributed by atoms with Crippen molar-refractivity contribution in [1.29, 1.82) is 0 Å². The molecule has 2 nitrogen and oxygen atoms in total. The van der Waals surface area contributed by atoms with E-state index in [2.05, 4.69) is 6.07 Å². The average molecular weight is 194 g/mol. The van der Waals surface area contributed by atoms with E-state index in [4.69, 9.17) is 5.11 Å². The van der Waals surface area contributed by atoms with Gasteiger partial charge >= 0.3 is 5.97 Å². The van der Waals surface area contributed by atoms with Crippen LogP contribution in [0, 0.1) is 0 Å². The molecule has 13 heavy (non-hydrogen) atoms. The molecule has 2 rings (SSSR count). The van der Waals surface area contributed by atoms with Crippen LogP contribution in [0.1, 0.15) is 21.7 Å². The van der Waals surface area contributed by atoms with E-state index in [9.17, 15) is 4.79 Å². The Labute approximate surface area is 80.5 Å².